The Balaban J connectivity index is 1.56. The molecule has 0 atom stereocenters. The molecule has 7 nitrogen and oxygen atoms in total. The molecule has 0 saturated heterocycles. The molecule has 0 bridgehead atoms. The average Bonchev–Trinajstić information content (AvgIpc) is 3.09. The van der Waals surface area contributed by atoms with Crippen molar-refractivity contribution in [1.82, 2.24) is 10.2 Å². The van der Waals surface area contributed by atoms with Gasteiger partial charge in [0.15, 0.2) is 0 Å². The predicted octanol–water partition coefficient (Wildman–Crippen LogP) is 3.22. The van der Waals surface area contributed by atoms with Gasteiger partial charge in [0.2, 0.25) is 17.7 Å². The smallest absolute Gasteiger partial charge is 0.277 e. The highest BCUT2D eigenvalue weighted by Gasteiger charge is 2.13. The van der Waals surface area contributed by atoms with Crippen LogP contribution in [0.5, 0.6) is 0 Å². The lowest BCUT2D eigenvalue weighted by molar-refractivity contribution is -0.113. The highest BCUT2D eigenvalue weighted by atomic mass is 35.5. The first-order chi connectivity index (χ1) is 12.5. The van der Waals surface area contributed by atoms with E-state index in [9.17, 15) is 9.59 Å². The number of nitrogens with two attached hydrogens (primary N) is 1. The number of anilines is 1. The van der Waals surface area contributed by atoms with Gasteiger partial charge in [-0.1, -0.05) is 35.5 Å². The van der Waals surface area contributed by atoms with Crippen molar-refractivity contribution in [2.24, 2.45) is 5.73 Å². The molecule has 0 saturated carbocycles. The summed E-state index contributed by atoms with van der Waals surface area (Å²) in [6, 6.07) is 13.4. The third-order valence-electron chi connectivity index (χ3n) is 3.29. The lowest BCUT2D eigenvalue weighted by atomic mass is 10.2. The second kappa shape index (κ2) is 8.03. The number of carbonyl (C=O) groups excluding carboxylic acids is 2. The molecule has 0 unspecified atom stereocenters. The molecule has 0 aliphatic rings. The number of hydrogen-bond donors (Lipinski definition) is 2. The van der Waals surface area contributed by atoms with Crippen LogP contribution in [0.1, 0.15) is 10.4 Å². The second-order valence-electron chi connectivity index (χ2n) is 5.13. The van der Waals surface area contributed by atoms with Crippen molar-refractivity contribution < 1.29 is 14.0 Å². The fourth-order valence-corrected chi connectivity index (χ4v) is 2.83. The first-order valence-corrected chi connectivity index (χ1v) is 8.80. The molecule has 1 heterocycles. The van der Waals surface area contributed by atoms with E-state index >= 15 is 0 Å². The summed E-state index contributed by atoms with van der Waals surface area (Å²) in [7, 11) is 0. The number of amides is 2. The largest absolute Gasteiger partial charge is 0.411 e. The molecule has 2 amide bonds. The Hall–Kier alpha value is -2.84. The number of hydrogen-bond acceptors (Lipinski definition) is 6. The zero-order valence-corrected chi connectivity index (χ0v) is 14.9. The molecule has 3 N–H and O–H groups in total. The summed E-state index contributed by atoms with van der Waals surface area (Å²) >= 11 is 7.20. The molecule has 2 aromatic carbocycles. The first kappa shape index (κ1) is 18.0. The first-order valence-electron chi connectivity index (χ1n) is 7.44. The third kappa shape index (κ3) is 4.41. The second-order valence-corrected chi connectivity index (χ2v) is 6.47. The normalized spacial score (nSPS) is 10.5. The summed E-state index contributed by atoms with van der Waals surface area (Å²) < 4.78 is 5.52. The van der Waals surface area contributed by atoms with Crippen LogP contribution in [-0.2, 0) is 4.79 Å². The maximum atomic E-state index is 12.0. The van der Waals surface area contributed by atoms with Crippen molar-refractivity contribution in [3.05, 3.63) is 59.1 Å². The van der Waals surface area contributed by atoms with E-state index in [1.807, 2.05) is 6.07 Å². The Morgan fingerprint density at radius 1 is 1.12 bits per heavy atom. The van der Waals surface area contributed by atoms with Crippen molar-refractivity contribution >= 4 is 40.9 Å². The number of carbonyl (C=O) groups is 2. The van der Waals surface area contributed by atoms with Gasteiger partial charge in [0.1, 0.15) is 0 Å². The van der Waals surface area contributed by atoms with E-state index in [-0.39, 0.29) is 16.9 Å². The van der Waals surface area contributed by atoms with Gasteiger partial charge in [-0.15, -0.1) is 10.2 Å². The lowest BCUT2D eigenvalue weighted by Crippen LogP contribution is -2.15. The quantitative estimate of drug-likeness (QED) is 0.627. The van der Waals surface area contributed by atoms with Crippen LogP contribution in [0.15, 0.2) is 58.2 Å². The minimum atomic E-state index is -0.524. The van der Waals surface area contributed by atoms with Gasteiger partial charge in [-0.3, -0.25) is 9.59 Å². The van der Waals surface area contributed by atoms with Gasteiger partial charge in [0, 0.05) is 11.3 Å². The molecule has 0 radical (unpaired) electrons. The van der Waals surface area contributed by atoms with Gasteiger partial charge in [-0.25, -0.2) is 0 Å². The van der Waals surface area contributed by atoms with Gasteiger partial charge in [-0.2, -0.15) is 0 Å². The van der Waals surface area contributed by atoms with Crippen molar-refractivity contribution in [3.63, 3.8) is 0 Å². The topological polar surface area (TPSA) is 111 Å². The number of nitrogens with one attached hydrogen (secondary N) is 1. The van der Waals surface area contributed by atoms with Crippen LogP contribution >= 0.6 is 23.4 Å². The van der Waals surface area contributed by atoms with Crippen molar-refractivity contribution in [2.75, 3.05) is 11.1 Å². The minimum Gasteiger partial charge on any atom is -0.411 e. The number of thioether (sulfide) groups is 1. The molecule has 1 aromatic heterocycles. The van der Waals surface area contributed by atoms with E-state index in [0.29, 0.717) is 27.7 Å². The maximum Gasteiger partial charge on any atom is 0.277 e. The van der Waals surface area contributed by atoms with Gasteiger partial charge < -0.3 is 15.5 Å². The fraction of sp³-hybridized carbons (Fsp3) is 0.0588. The Morgan fingerprint density at radius 2 is 1.85 bits per heavy atom. The highest BCUT2D eigenvalue weighted by molar-refractivity contribution is 7.99. The maximum absolute atomic E-state index is 12.0. The molecule has 0 spiro atoms. The van der Waals surface area contributed by atoms with E-state index in [4.69, 9.17) is 21.8 Å². The standard InChI is InChI=1S/C17H13ClN4O3S/c18-13-4-2-1-3-12(13)16-21-22-17(25-16)26-9-14(23)20-11-7-5-10(6-8-11)15(19)24/h1-8H,9H2,(H2,19,24)(H,20,23). The summed E-state index contributed by atoms with van der Waals surface area (Å²) in [5.74, 6) is -0.397. The number of halogens is 1. The summed E-state index contributed by atoms with van der Waals surface area (Å²) in [5.41, 5.74) is 6.73. The van der Waals surface area contributed by atoms with Gasteiger partial charge in [0.05, 0.1) is 16.3 Å². The van der Waals surface area contributed by atoms with Crippen LogP contribution < -0.4 is 11.1 Å². The SMILES string of the molecule is NC(=O)c1ccc(NC(=O)CSc2nnc(-c3ccccc3Cl)o2)cc1. The molecule has 0 fully saturated rings. The van der Waals surface area contributed by atoms with Gasteiger partial charge >= 0.3 is 0 Å². The van der Waals surface area contributed by atoms with Crippen LogP contribution in [0, 0.1) is 0 Å². The Morgan fingerprint density at radius 3 is 2.54 bits per heavy atom. The predicted molar refractivity (Wildman–Crippen MR) is 99.1 cm³/mol. The summed E-state index contributed by atoms with van der Waals surface area (Å²) in [6.45, 7) is 0. The molecule has 3 rings (SSSR count). The molecule has 0 aliphatic heterocycles. The molecular weight excluding hydrogens is 376 g/mol. The van der Waals surface area contributed by atoms with Crippen LogP contribution in [-0.4, -0.2) is 27.8 Å². The van der Waals surface area contributed by atoms with E-state index in [1.54, 1.807) is 42.5 Å². The highest BCUT2D eigenvalue weighted by Crippen LogP contribution is 2.28. The zero-order chi connectivity index (χ0) is 18.5. The monoisotopic (exact) mass is 388 g/mol. The number of nitrogens with zero attached hydrogens (tertiary/aromatic N) is 2. The van der Waals surface area contributed by atoms with Crippen LogP contribution in [0.25, 0.3) is 11.5 Å². The molecule has 0 aliphatic carbocycles. The van der Waals surface area contributed by atoms with Gasteiger partial charge in [0.25, 0.3) is 5.22 Å². The fourth-order valence-electron chi connectivity index (χ4n) is 2.05. The number of benzene rings is 2. The van der Waals surface area contributed by atoms with E-state index < -0.39 is 5.91 Å². The number of aromatic nitrogens is 2. The summed E-state index contributed by atoms with van der Waals surface area (Å²) in [5, 5.41) is 11.3. The summed E-state index contributed by atoms with van der Waals surface area (Å²) in [6.07, 6.45) is 0. The Bertz CT molecular complexity index is 943. The number of rotatable bonds is 6. The zero-order valence-electron chi connectivity index (χ0n) is 13.3. The molecule has 3 aromatic rings. The van der Waals surface area contributed by atoms with E-state index in [0.717, 1.165) is 11.8 Å². The molecule has 132 valence electrons. The average molecular weight is 389 g/mol. The van der Waals surface area contributed by atoms with Crippen LogP contribution in [0.3, 0.4) is 0 Å². The molecule has 26 heavy (non-hydrogen) atoms. The van der Waals surface area contributed by atoms with Crippen molar-refractivity contribution in [1.29, 1.82) is 0 Å². The van der Waals surface area contributed by atoms with Crippen LogP contribution in [0.2, 0.25) is 5.02 Å². The van der Waals surface area contributed by atoms with Crippen molar-refractivity contribution in [3.8, 4) is 11.5 Å². The third-order valence-corrected chi connectivity index (χ3v) is 4.44. The Labute approximate surface area is 157 Å². The Kier molecular flexibility index (Phi) is 5.55. The molecule has 9 heteroatoms. The summed E-state index contributed by atoms with van der Waals surface area (Å²) in [4.78, 5) is 23.0. The van der Waals surface area contributed by atoms with Crippen molar-refractivity contribution in [2.45, 2.75) is 5.22 Å². The molecular formula is C17H13ClN4O3S. The van der Waals surface area contributed by atoms with Crippen LogP contribution in [0.4, 0.5) is 5.69 Å². The number of primary amides is 1. The lowest BCUT2D eigenvalue weighted by Gasteiger charge is -2.04. The minimum absolute atomic E-state index is 0.0850. The van der Waals surface area contributed by atoms with E-state index in [1.165, 1.54) is 0 Å². The van der Waals surface area contributed by atoms with E-state index in [2.05, 4.69) is 15.5 Å². The van der Waals surface area contributed by atoms with Gasteiger partial charge in [-0.05, 0) is 36.4 Å².